The molecule has 314 valence electrons. The Morgan fingerprint density at radius 1 is 0.593 bits per heavy atom. The molecule has 1 saturated heterocycles. The normalized spacial score (nSPS) is 13.9. The zero-order valence-electron chi connectivity index (χ0n) is 35.2. The lowest BCUT2D eigenvalue weighted by molar-refractivity contribution is -0.158. The molecule has 1 atom stereocenters. The van der Waals surface area contributed by atoms with Crippen molar-refractivity contribution in [1.29, 1.82) is 0 Å². The van der Waals surface area contributed by atoms with E-state index in [9.17, 15) is 9.59 Å². The first-order valence-electron chi connectivity index (χ1n) is 22.8. The van der Waals surface area contributed by atoms with Crippen molar-refractivity contribution in [3.05, 3.63) is 24.3 Å². The van der Waals surface area contributed by atoms with Gasteiger partial charge in [0.25, 0.3) is 5.17 Å². The second-order valence-corrected chi connectivity index (χ2v) is 15.9. The van der Waals surface area contributed by atoms with E-state index in [1.807, 2.05) is 0 Å². The van der Waals surface area contributed by atoms with E-state index in [2.05, 4.69) is 48.4 Å². The van der Waals surface area contributed by atoms with Crippen LogP contribution >= 0.6 is 12.2 Å². The Hall–Kier alpha value is -1.93. The third-order valence-corrected chi connectivity index (χ3v) is 10.6. The fraction of sp³-hybridized carbons (Fsp3) is 0.848. The number of nitrogens with zero attached hydrogens (tertiary/aromatic N) is 1. The third kappa shape index (κ3) is 34.6. The summed E-state index contributed by atoms with van der Waals surface area (Å²) < 4.78 is 17.1. The van der Waals surface area contributed by atoms with Crippen molar-refractivity contribution in [3.63, 3.8) is 0 Å². The minimum atomic E-state index is -0.612. The van der Waals surface area contributed by atoms with Crippen LogP contribution in [0.2, 0.25) is 0 Å². The molecule has 8 heteroatoms. The third-order valence-electron chi connectivity index (χ3n) is 10.3. The Kier molecular flexibility index (Phi) is 36.5. The molecular formula is C46H84N2O5S. The summed E-state index contributed by atoms with van der Waals surface area (Å²) in [4.78, 5) is 27.7. The van der Waals surface area contributed by atoms with Crippen LogP contribution in [0.25, 0.3) is 0 Å². The molecule has 0 aromatic heterocycles. The first-order valence-corrected chi connectivity index (χ1v) is 23.2. The van der Waals surface area contributed by atoms with E-state index in [0.29, 0.717) is 19.4 Å². The topological polar surface area (TPSA) is 77.1 Å². The number of allylic oxidation sites excluding steroid dienone is 4. The molecule has 1 aliphatic rings. The number of unbranched alkanes of at least 4 members (excludes halogenated alkanes) is 22. The largest absolute Gasteiger partial charge is 0.470 e. The molecule has 1 fully saturated rings. The molecule has 1 N–H and O–H groups in total. The molecule has 7 nitrogen and oxygen atoms in total. The Morgan fingerprint density at radius 2 is 1.02 bits per heavy atom. The van der Waals surface area contributed by atoms with Crippen LogP contribution in [0.5, 0.6) is 0 Å². The summed E-state index contributed by atoms with van der Waals surface area (Å²) >= 11 is 5.38. The second kappa shape index (κ2) is 39.3. The van der Waals surface area contributed by atoms with Crippen LogP contribution in [0.1, 0.15) is 206 Å². The second-order valence-electron chi connectivity index (χ2n) is 15.5. The van der Waals surface area contributed by atoms with Gasteiger partial charge in [-0.15, -0.1) is 0 Å². The molecule has 0 aromatic rings. The zero-order chi connectivity index (χ0) is 39.0. The predicted octanol–water partition coefficient (Wildman–Crippen LogP) is 12.5. The lowest BCUT2D eigenvalue weighted by Gasteiger charge is -2.20. The van der Waals surface area contributed by atoms with Gasteiger partial charge in [0.15, 0.2) is 6.10 Å². The molecular weight excluding hydrogens is 693 g/mol. The predicted molar refractivity (Wildman–Crippen MR) is 232 cm³/mol. The molecule has 1 aliphatic heterocycles. The van der Waals surface area contributed by atoms with Gasteiger partial charge in [-0.2, -0.15) is 0 Å². The van der Waals surface area contributed by atoms with Gasteiger partial charge in [0.05, 0.1) is 6.54 Å². The molecule has 0 spiro atoms. The molecule has 1 unspecified atom stereocenters. The van der Waals surface area contributed by atoms with Crippen molar-refractivity contribution in [2.75, 3.05) is 39.4 Å². The summed E-state index contributed by atoms with van der Waals surface area (Å²) in [5, 5.41) is 3.36. The number of nitrogens with one attached hydrogen (secondary N) is 1. The highest BCUT2D eigenvalue weighted by Crippen LogP contribution is 2.13. The van der Waals surface area contributed by atoms with Gasteiger partial charge in [-0.05, 0) is 102 Å². The van der Waals surface area contributed by atoms with Gasteiger partial charge in [0.2, 0.25) is 0 Å². The van der Waals surface area contributed by atoms with Crippen LogP contribution < -0.4 is 5.32 Å². The maximum atomic E-state index is 12.8. The number of hydrogen-bond donors (Lipinski definition) is 1. The van der Waals surface area contributed by atoms with Crippen LogP contribution in [-0.4, -0.2) is 67.5 Å². The fourth-order valence-corrected chi connectivity index (χ4v) is 7.01. The van der Waals surface area contributed by atoms with Crippen LogP contribution in [0.3, 0.4) is 0 Å². The van der Waals surface area contributed by atoms with Crippen molar-refractivity contribution in [3.8, 4) is 0 Å². The van der Waals surface area contributed by atoms with E-state index in [1.54, 1.807) is 0 Å². The summed E-state index contributed by atoms with van der Waals surface area (Å²) in [7, 11) is 0. The lowest BCUT2D eigenvalue weighted by Crippen LogP contribution is -2.39. The van der Waals surface area contributed by atoms with Crippen molar-refractivity contribution in [2.45, 2.75) is 213 Å². The minimum absolute atomic E-state index is 0.0193. The highest BCUT2D eigenvalue weighted by atomic mass is 32.1. The highest BCUT2D eigenvalue weighted by Gasteiger charge is 2.18. The Bertz CT molecular complexity index is 936. The summed E-state index contributed by atoms with van der Waals surface area (Å²) in [6, 6.07) is 0. The molecule has 0 aliphatic carbocycles. The van der Waals surface area contributed by atoms with Crippen molar-refractivity contribution in [1.82, 2.24) is 10.2 Å². The van der Waals surface area contributed by atoms with Crippen molar-refractivity contribution >= 4 is 29.3 Å². The summed E-state index contributed by atoms with van der Waals surface area (Å²) in [5.41, 5.74) is 0. The van der Waals surface area contributed by atoms with E-state index >= 15 is 0 Å². The number of carbonyl (C=O) groups is 2. The number of likely N-dealkylation sites (tertiary alicyclic amines) is 1. The molecule has 1 heterocycles. The average molecular weight is 777 g/mol. The van der Waals surface area contributed by atoms with Crippen LogP contribution in [-0.2, 0) is 23.8 Å². The van der Waals surface area contributed by atoms with Gasteiger partial charge in [-0.25, -0.2) is 0 Å². The molecule has 1 rings (SSSR count). The molecule has 0 aromatic carbocycles. The zero-order valence-corrected chi connectivity index (χ0v) is 36.1. The van der Waals surface area contributed by atoms with E-state index in [0.717, 1.165) is 71.0 Å². The Labute approximate surface area is 338 Å². The minimum Gasteiger partial charge on any atom is -0.470 e. The SMILES string of the molecule is CCCCCCCC/C=C\CCCCCCCC(=O)OCC(CNC(=S)OCCN1CCCC1)OC(=O)CCCCCCC/C=C\CCCCCCCC. The number of hydrogen-bond acceptors (Lipinski definition) is 7. The van der Waals surface area contributed by atoms with Gasteiger partial charge < -0.3 is 19.5 Å². The van der Waals surface area contributed by atoms with Crippen LogP contribution in [0.15, 0.2) is 24.3 Å². The number of ether oxygens (including phenoxy) is 3. The van der Waals surface area contributed by atoms with Gasteiger partial charge in [0.1, 0.15) is 13.2 Å². The van der Waals surface area contributed by atoms with E-state index in [-0.39, 0.29) is 30.3 Å². The molecule has 0 amide bonds. The maximum absolute atomic E-state index is 12.8. The van der Waals surface area contributed by atoms with Gasteiger partial charge in [-0.3, -0.25) is 14.5 Å². The van der Waals surface area contributed by atoms with E-state index in [1.165, 1.54) is 128 Å². The highest BCUT2D eigenvalue weighted by molar-refractivity contribution is 7.80. The number of thiocarbonyl (C=S) groups is 1. The van der Waals surface area contributed by atoms with Gasteiger partial charge in [-0.1, -0.05) is 141 Å². The van der Waals surface area contributed by atoms with E-state index < -0.39 is 6.10 Å². The molecule has 54 heavy (non-hydrogen) atoms. The smallest absolute Gasteiger partial charge is 0.306 e. The average Bonchev–Trinajstić information content (AvgIpc) is 3.69. The van der Waals surface area contributed by atoms with Gasteiger partial charge in [0, 0.05) is 19.4 Å². The molecule has 0 bridgehead atoms. The summed E-state index contributed by atoms with van der Waals surface area (Å²) in [5.74, 6) is -0.496. The Morgan fingerprint density at radius 3 is 1.50 bits per heavy atom. The summed E-state index contributed by atoms with van der Waals surface area (Å²) in [6.07, 6.45) is 43.6. The standard InChI is InChI=1S/C46H84N2O5S/c1-3-5-7-9-11-13-15-17-19-21-23-25-27-29-31-35-44(49)52-42-43(41-47-46(54)51-40-39-48-37-33-34-38-48)53-45(50)36-32-30-28-26-24-22-20-18-16-14-12-10-8-6-4-2/h17-20,43H,3-16,21-42H2,1-2H3,(H,47,54)/b19-17-,20-18-. The first-order chi connectivity index (χ1) is 26.5. The van der Waals surface area contributed by atoms with Gasteiger partial charge >= 0.3 is 11.9 Å². The molecule has 0 radical (unpaired) electrons. The quantitative estimate of drug-likeness (QED) is 0.0287. The maximum Gasteiger partial charge on any atom is 0.306 e. The number of rotatable bonds is 38. The van der Waals surface area contributed by atoms with E-state index in [4.69, 9.17) is 26.4 Å². The van der Waals surface area contributed by atoms with Crippen LogP contribution in [0.4, 0.5) is 0 Å². The van der Waals surface area contributed by atoms with Crippen molar-refractivity contribution < 1.29 is 23.8 Å². The van der Waals surface area contributed by atoms with Crippen LogP contribution in [0, 0.1) is 0 Å². The molecule has 0 saturated carbocycles. The fourth-order valence-electron chi connectivity index (χ4n) is 6.84. The lowest BCUT2D eigenvalue weighted by atomic mass is 10.1. The van der Waals surface area contributed by atoms with Crippen molar-refractivity contribution in [2.24, 2.45) is 0 Å². The monoisotopic (exact) mass is 777 g/mol. The Balaban J connectivity index is 2.23. The number of carbonyl (C=O) groups excluding carboxylic acids is 2. The first kappa shape index (κ1) is 50.1. The number of esters is 2. The summed E-state index contributed by atoms with van der Waals surface area (Å²) in [6.45, 7) is 8.40.